The molecule has 0 unspecified atom stereocenters. The summed E-state index contributed by atoms with van der Waals surface area (Å²) in [6.45, 7) is 1.04. The number of aromatic nitrogens is 4. The van der Waals surface area contributed by atoms with Crippen LogP contribution in [0, 0.1) is 0 Å². The Kier molecular flexibility index (Phi) is 6.18. The van der Waals surface area contributed by atoms with E-state index in [1.807, 2.05) is 30.3 Å². The topological polar surface area (TPSA) is 171 Å². The molecule has 1 amide bonds. The molecule has 12 nitrogen and oxygen atoms in total. The van der Waals surface area contributed by atoms with Gasteiger partial charge < -0.3 is 25.5 Å². The first-order valence-electron chi connectivity index (χ1n) is 12.9. The predicted molar refractivity (Wildman–Crippen MR) is 142 cm³/mol. The number of nitrogens with two attached hydrogens (primary N) is 1. The van der Waals surface area contributed by atoms with E-state index in [0.29, 0.717) is 23.6 Å². The zero-order chi connectivity index (χ0) is 28.0. The van der Waals surface area contributed by atoms with Crippen LogP contribution in [-0.2, 0) is 37.7 Å². The molecule has 0 fully saturated rings. The number of amides is 1. The Labute approximate surface area is 227 Å². The van der Waals surface area contributed by atoms with Gasteiger partial charge in [0, 0.05) is 29.3 Å². The number of nitrogens with zero attached hydrogens (tertiary/aromatic N) is 3. The van der Waals surface area contributed by atoms with Gasteiger partial charge >= 0.3 is 5.97 Å². The van der Waals surface area contributed by atoms with Crippen LogP contribution in [0.3, 0.4) is 0 Å². The molecular formula is C28H26N6O6. The van der Waals surface area contributed by atoms with Gasteiger partial charge in [-0.1, -0.05) is 25.1 Å². The van der Waals surface area contributed by atoms with Gasteiger partial charge in [0.05, 0.1) is 41.4 Å². The molecule has 0 bridgehead atoms. The largest absolute Gasteiger partial charge is 0.479 e. The third-order valence-corrected chi connectivity index (χ3v) is 7.39. The van der Waals surface area contributed by atoms with Crippen molar-refractivity contribution < 1.29 is 23.9 Å². The molecule has 4 aromatic rings. The number of ketones is 1. The second kappa shape index (κ2) is 9.72. The van der Waals surface area contributed by atoms with Crippen molar-refractivity contribution in [2.24, 2.45) is 5.73 Å². The van der Waals surface area contributed by atoms with E-state index in [2.05, 4.69) is 15.3 Å². The number of rotatable bonds is 7. The van der Waals surface area contributed by atoms with E-state index in [9.17, 15) is 19.2 Å². The van der Waals surface area contributed by atoms with E-state index in [4.69, 9.17) is 20.2 Å². The second-order valence-electron chi connectivity index (χ2n) is 9.82. The molecular weight excluding hydrogens is 516 g/mol. The highest BCUT2D eigenvalue weighted by Gasteiger charge is 2.49. The minimum atomic E-state index is -1.76. The van der Waals surface area contributed by atoms with Crippen LogP contribution in [0.25, 0.3) is 22.3 Å². The lowest BCUT2D eigenvalue weighted by Gasteiger charge is -2.36. The summed E-state index contributed by atoms with van der Waals surface area (Å²) in [6, 6.07) is 10.3. The molecule has 2 atom stereocenters. The van der Waals surface area contributed by atoms with E-state index in [-0.39, 0.29) is 24.2 Å². The van der Waals surface area contributed by atoms with Crippen molar-refractivity contribution >= 4 is 28.6 Å². The number of nitrogens with one attached hydrogen (secondary N) is 2. The highest BCUT2D eigenvalue weighted by molar-refractivity contribution is 5.95. The molecule has 204 valence electrons. The van der Waals surface area contributed by atoms with Crippen LogP contribution in [-0.4, -0.2) is 56.4 Å². The number of benzene rings is 1. The number of ether oxygens (including phenoxy) is 2. The second-order valence-corrected chi connectivity index (χ2v) is 9.82. The normalized spacial score (nSPS) is 17.9. The molecule has 0 saturated carbocycles. The standard InChI is InChI=1S/C28H26N6O6/c1-2-28(40-23(36)11-31-26(37)19(29)8-17-10-30-14-32-17)18-9-21-24-16(7-15-5-3-4-6-20(15)33-24)12-34(21)27(38)25(18)39-13-22(28)35/h3-7,9-10,14,19H,2,8,11-13,29H2,1H3,(H,30,32)(H,31,37)/t19-,28-/m0/s1. The van der Waals surface area contributed by atoms with Gasteiger partial charge in [0.15, 0.2) is 12.4 Å². The zero-order valence-electron chi connectivity index (χ0n) is 21.6. The van der Waals surface area contributed by atoms with Crippen molar-refractivity contribution in [3.8, 4) is 17.1 Å². The summed E-state index contributed by atoms with van der Waals surface area (Å²) < 4.78 is 12.9. The van der Waals surface area contributed by atoms with Crippen LogP contribution in [0.2, 0.25) is 0 Å². The Balaban J connectivity index is 1.29. The minimum absolute atomic E-state index is 0.0408. The number of aromatic amines is 1. The van der Waals surface area contributed by atoms with E-state index >= 15 is 0 Å². The third-order valence-electron chi connectivity index (χ3n) is 7.39. The third kappa shape index (κ3) is 4.13. The Bertz CT molecular complexity index is 1730. The van der Waals surface area contributed by atoms with Crippen molar-refractivity contribution in [2.75, 3.05) is 13.2 Å². The molecule has 6 rings (SSSR count). The van der Waals surface area contributed by atoms with Gasteiger partial charge in [-0.2, -0.15) is 0 Å². The van der Waals surface area contributed by atoms with Gasteiger partial charge in [0.25, 0.3) is 5.56 Å². The van der Waals surface area contributed by atoms with Crippen molar-refractivity contribution in [3.05, 3.63) is 76.1 Å². The van der Waals surface area contributed by atoms with Crippen molar-refractivity contribution in [2.45, 2.75) is 38.0 Å². The molecule has 2 aliphatic rings. The van der Waals surface area contributed by atoms with E-state index in [1.54, 1.807) is 23.8 Å². The number of imidazole rings is 1. The summed E-state index contributed by atoms with van der Waals surface area (Å²) in [7, 11) is 0. The summed E-state index contributed by atoms with van der Waals surface area (Å²) in [6.07, 6.45) is 3.28. The molecule has 3 aromatic heterocycles. The first-order valence-corrected chi connectivity index (χ1v) is 12.9. The first-order chi connectivity index (χ1) is 19.3. The Morgan fingerprint density at radius 2 is 2.10 bits per heavy atom. The van der Waals surface area contributed by atoms with E-state index < -0.39 is 48.0 Å². The molecule has 0 spiro atoms. The number of hydrogen-bond acceptors (Lipinski definition) is 9. The van der Waals surface area contributed by atoms with Crippen LogP contribution in [0.15, 0.2) is 53.7 Å². The molecule has 0 saturated heterocycles. The summed E-state index contributed by atoms with van der Waals surface area (Å²) in [5.41, 5.74) is 7.32. The number of carbonyl (C=O) groups excluding carboxylic acids is 3. The Hall–Kier alpha value is -4.84. The van der Waals surface area contributed by atoms with Gasteiger partial charge in [-0.3, -0.25) is 23.7 Å². The molecule has 40 heavy (non-hydrogen) atoms. The van der Waals surface area contributed by atoms with Crippen molar-refractivity contribution in [3.63, 3.8) is 0 Å². The molecule has 1 aromatic carbocycles. The molecule has 0 radical (unpaired) electrons. The number of hydrogen-bond donors (Lipinski definition) is 3. The van der Waals surface area contributed by atoms with E-state index in [0.717, 1.165) is 16.5 Å². The SMILES string of the molecule is CC[C@@]1(OC(=O)CNC(=O)[C@@H](N)Cc2cnc[nH]2)C(=O)COc2c1cc1n(c2=O)Cc2cc3ccccc3nc2-1. The summed E-state index contributed by atoms with van der Waals surface area (Å²) >= 11 is 0. The van der Waals surface area contributed by atoms with Gasteiger partial charge in [0.1, 0.15) is 6.54 Å². The quantitative estimate of drug-likeness (QED) is 0.253. The van der Waals surface area contributed by atoms with Gasteiger partial charge in [-0.15, -0.1) is 0 Å². The van der Waals surface area contributed by atoms with Crippen LogP contribution in [0.4, 0.5) is 0 Å². The molecule has 12 heteroatoms. The highest BCUT2D eigenvalue weighted by atomic mass is 16.6. The van der Waals surface area contributed by atoms with Crippen LogP contribution in [0.1, 0.15) is 30.2 Å². The fraction of sp³-hybridized carbons (Fsp3) is 0.286. The smallest absolute Gasteiger partial charge is 0.326 e. The highest BCUT2D eigenvalue weighted by Crippen LogP contribution is 2.42. The lowest BCUT2D eigenvalue weighted by atomic mass is 9.84. The number of Topliss-reactive ketones (excluding diaryl/α,β-unsaturated/α-hetero) is 1. The maximum Gasteiger partial charge on any atom is 0.326 e. The molecule has 4 N–H and O–H groups in total. The average molecular weight is 543 g/mol. The maximum absolute atomic E-state index is 13.6. The Morgan fingerprint density at radius 1 is 1.27 bits per heavy atom. The van der Waals surface area contributed by atoms with Crippen LogP contribution >= 0.6 is 0 Å². The summed E-state index contributed by atoms with van der Waals surface area (Å²) in [4.78, 5) is 63.7. The van der Waals surface area contributed by atoms with Gasteiger partial charge in [-0.25, -0.2) is 9.97 Å². The number of H-pyrrole nitrogens is 1. The monoisotopic (exact) mass is 542 g/mol. The zero-order valence-corrected chi connectivity index (χ0v) is 21.6. The molecule has 2 aliphatic heterocycles. The minimum Gasteiger partial charge on any atom is -0.479 e. The average Bonchev–Trinajstić information content (AvgIpc) is 3.60. The van der Waals surface area contributed by atoms with Crippen molar-refractivity contribution in [1.82, 2.24) is 24.8 Å². The lowest BCUT2D eigenvalue weighted by Crippen LogP contribution is -2.50. The van der Waals surface area contributed by atoms with Crippen molar-refractivity contribution in [1.29, 1.82) is 0 Å². The van der Waals surface area contributed by atoms with Crippen LogP contribution in [0.5, 0.6) is 5.75 Å². The number of esters is 1. The number of pyridine rings is 2. The predicted octanol–water partition coefficient (Wildman–Crippen LogP) is 0.945. The summed E-state index contributed by atoms with van der Waals surface area (Å²) in [5, 5.41) is 3.40. The molecule has 0 aliphatic carbocycles. The van der Waals surface area contributed by atoms with Crippen LogP contribution < -0.4 is 21.3 Å². The number of para-hydroxylation sites is 1. The fourth-order valence-corrected chi connectivity index (χ4v) is 5.32. The Morgan fingerprint density at radius 3 is 2.88 bits per heavy atom. The van der Waals surface area contributed by atoms with Gasteiger partial charge in [0.2, 0.25) is 17.3 Å². The maximum atomic E-state index is 13.6. The van der Waals surface area contributed by atoms with Gasteiger partial charge in [-0.05, 0) is 24.6 Å². The molecule has 5 heterocycles. The number of fused-ring (bicyclic) bond motifs is 5. The first kappa shape index (κ1) is 25.4. The lowest BCUT2D eigenvalue weighted by molar-refractivity contribution is -0.172. The summed E-state index contributed by atoms with van der Waals surface area (Å²) in [5.74, 6) is -1.97. The van der Waals surface area contributed by atoms with E-state index in [1.165, 1.54) is 6.33 Å². The number of carbonyl (C=O) groups is 3. The fourth-order valence-electron chi connectivity index (χ4n) is 5.32.